The van der Waals surface area contributed by atoms with Gasteiger partial charge < -0.3 is 14.1 Å². The zero-order valence-corrected chi connectivity index (χ0v) is 17.9. The van der Waals surface area contributed by atoms with E-state index in [1.807, 2.05) is 0 Å². The van der Waals surface area contributed by atoms with Crippen LogP contribution in [0.3, 0.4) is 0 Å². The maximum Gasteiger partial charge on any atom is 0.340 e. The number of rotatable bonds is 7. The first-order valence-corrected chi connectivity index (χ1v) is 9.99. The molecule has 0 aliphatic rings. The minimum atomic E-state index is -0.769. The van der Waals surface area contributed by atoms with Gasteiger partial charge in [0.1, 0.15) is 12.4 Å². The second kappa shape index (κ2) is 8.95. The lowest BCUT2D eigenvalue weighted by molar-refractivity contribution is -0.384. The molecule has 0 radical (unpaired) electrons. The molecule has 10 nitrogen and oxygen atoms in total. The summed E-state index contributed by atoms with van der Waals surface area (Å²) < 4.78 is 12.2. The number of nitrogens with zero attached hydrogens (tertiary/aromatic N) is 4. The molecule has 0 unspecified atom stereocenters. The molecule has 33 heavy (non-hydrogen) atoms. The Morgan fingerprint density at radius 2 is 1.97 bits per heavy atom. The number of ether oxygens (including phenoxy) is 1. The van der Waals surface area contributed by atoms with Crippen molar-refractivity contribution in [3.8, 4) is 0 Å². The van der Waals surface area contributed by atoms with E-state index in [1.54, 1.807) is 55.4 Å². The second-order valence-electron chi connectivity index (χ2n) is 7.44. The highest BCUT2D eigenvalue weighted by atomic mass is 16.6. The monoisotopic (exact) mass is 448 g/mol. The summed E-state index contributed by atoms with van der Waals surface area (Å²) in [5.74, 6) is -0.00928. The normalized spacial score (nSPS) is 10.8. The Morgan fingerprint density at radius 3 is 2.67 bits per heavy atom. The zero-order chi connectivity index (χ0) is 23.5. The zero-order valence-electron chi connectivity index (χ0n) is 17.9. The summed E-state index contributed by atoms with van der Waals surface area (Å²) in [6.45, 7) is -0.203. The quantitative estimate of drug-likeness (QED) is 0.240. The summed E-state index contributed by atoms with van der Waals surface area (Å²) >= 11 is 0. The molecule has 0 aliphatic heterocycles. The van der Waals surface area contributed by atoms with Crippen LogP contribution in [-0.4, -0.2) is 34.5 Å². The molecule has 0 fully saturated rings. The molecule has 0 spiro atoms. The molecule has 168 valence electrons. The first-order valence-electron chi connectivity index (χ1n) is 9.99. The van der Waals surface area contributed by atoms with Gasteiger partial charge in [0.25, 0.3) is 11.2 Å². The number of carbonyl (C=O) groups excluding carboxylic acids is 1. The third-order valence-corrected chi connectivity index (χ3v) is 5.06. The number of nitro benzene ring substituents is 1. The van der Waals surface area contributed by atoms with Gasteiger partial charge in [-0.1, -0.05) is 12.1 Å². The van der Waals surface area contributed by atoms with Crippen molar-refractivity contribution in [1.82, 2.24) is 9.55 Å². The molecule has 4 aromatic rings. The predicted molar refractivity (Wildman–Crippen MR) is 120 cm³/mol. The highest BCUT2D eigenvalue weighted by Crippen LogP contribution is 2.25. The number of hydrogen-bond donors (Lipinski definition) is 0. The van der Waals surface area contributed by atoms with Gasteiger partial charge in [0.15, 0.2) is 5.82 Å². The van der Waals surface area contributed by atoms with Crippen LogP contribution < -0.4 is 10.5 Å². The molecular weight excluding hydrogens is 428 g/mol. The largest absolute Gasteiger partial charge is 0.467 e. The number of furan rings is 1. The van der Waals surface area contributed by atoms with Crippen LogP contribution in [0.1, 0.15) is 21.9 Å². The maximum absolute atomic E-state index is 13.1. The number of non-ortho nitro benzene ring substituents is 1. The molecule has 2 aromatic heterocycles. The van der Waals surface area contributed by atoms with Crippen LogP contribution in [-0.2, 0) is 17.9 Å². The minimum Gasteiger partial charge on any atom is -0.467 e. The molecule has 10 heteroatoms. The number of para-hydroxylation sites is 1. The summed E-state index contributed by atoms with van der Waals surface area (Å²) in [5.41, 5.74) is 0.437. The lowest BCUT2D eigenvalue weighted by Crippen LogP contribution is -2.27. The van der Waals surface area contributed by atoms with E-state index in [1.165, 1.54) is 29.0 Å². The minimum absolute atomic E-state index is 0.0370. The summed E-state index contributed by atoms with van der Waals surface area (Å²) in [7, 11) is 3.42. The molecule has 2 heterocycles. The lowest BCUT2D eigenvalue weighted by atomic mass is 10.1. The molecule has 0 atom stereocenters. The Labute approximate surface area is 187 Å². The number of benzene rings is 2. The van der Waals surface area contributed by atoms with Gasteiger partial charge in [-0.25, -0.2) is 9.78 Å². The first-order chi connectivity index (χ1) is 15.8. The standard InChI is InChI=1S/C23H20N4O6/c1-25(2)20-10-9-15(27(30)31)12-18(20)23(29)33-14-21-24-19-8-4-3-7-17(19)22(28)26(21)13-16-6-5-11-32-16/h3-12H,13-14H2,1-2H3. The van der Waals surface area contributed by atoms with E-state index < -0.39 is 10.9 Å². The number of aromatic nitrogens is 2. The number of fused-ring (bicyclic) bond motifs is 1. The average Bonchev–Trinajstić information content (AvgIpc) is 3.32. The summed E-state index contributed by atoms with van der Waals surface area (Å²) in [6, 6.07) is 14.3. The van der Waals surface area contributed by atoms with Crippen LogP contribution in [0.5, 0.6) is 0 Å². The van der Waals surface area contributed by atoms with Gasteiger partial charge >= 0.3 is 5.97 Å². The SMILES string of the molecule is CN(C)c1ccc([N+](=O)[O-])cc1C(=O)OCc1nc2ccccc2c(=O)n1Cc1ccco1. The van der Waals surface area contributed by atoms with Gasteiger partial charge in [-0.2, -0.15) is 0 Å². The fourth-order valence-corrected chi connectivity index (χ4v) is 3.44. The first kappa shape index (κ1) is 21.8. The van der Waals surface area contributed by atoms with Crippen LogP contribution in [0.4, 0.5) is 11.4 Å². The highest BCUT2D eigenvalue weighted by molar-refractivity contribution is 5.96. The molecule has 0 saturated carbocycles. The van der Waals surface area contributed by atoms with Crippen molar-refractivity contribution in [2.24, 2.45) is 0 Å². The fourth-order valence-electron chi connectivity index (χ4n) is 3.44. The van der Waals surface area contributed by atoms with Crippen LogP contribution in [0.25, 0.3) is 10.9 Å². The molecule has 0 aliphatic carbocycles. The number of anilines is 1. The lowest BCUT2D eigenvalue weighted by Gasteiger charge is -2.17. The van der Waals surface area contributed by atoms with Crippen molar-refractivity contribution in [3.05, 3.63) is 98.5 Å². The topological polar surface area (TPSA) is 121 Å². The Balaban J connectivity index is 1.70. The van der Waals surface area contributed by atoms with Gasteiger partial charge in [0.2, 0.25) is 0 Å². The van der Waals surface area contributed by atoms with E-state index in [-0.39, 0.29) is 35.8 Å². The third-order valence-electron chi connectivity index (χ3n) is 5.06. The van der Waals surface area contributed by atoms with Crippen molar-refractivity contribution in [2.75, 3.05) is 19.0 Å². The van der Waals surface area contributed by atoms with Crippen molar-refractivity contribution >= 4 is 28.2 Å². The highest BCUT2D eigenvalue weighted by Gasteiger charge is 2.21. The Morgan fingerprint density at radius 1 is 1.18 bits per heavy atom. The van der Waals surface area contributed by atoms with Crippen LogP contribution in [0, 0.1) is 10.1 Å². The number of esters is 1. The average molecular weight is 448 g/mol. The van der Waals surface area contributed by atoms with Crippen molar-refractivity contribution in [3.63, 3.8) is 0 Å². The Bertz CT molecular complexity index is 1390. The summed E-state index contributed by atoms with van der Waals surface area (Å²) in [6.07, 6.45) is 1.50. The molecule has 0 bridgehead atoms. The molecule has 2 aromatic carbocycles. The third kappa shape index (κ3) is 4.45. The smallest absolute Gasteiger partial charge is 0.340 e. The second-order valence-corrected chi connectivity index (χ2v) is 7.44. The van der Waals surface area contributed by atoms with E-state index in [9.17, 15) is 19.7 Å². The van der Waals surface area contributed by atoms with Crippen molar-refractivity contribution in [2.45, 2.75) is 13.2 Å². The van der Waals surface area contributed by atoms with E-state index in [0.29, 0.717) is 22.4 Å². The Kier molecular flexibility index (Phi) is 5.90. The van der Waals surface area contributed by atoms with E-state index in [4.69, 9.17) is 9.15 Å². The molecular formula is C23H20N4O6. The van der Waals surface area contributed by atoms with Crippen molar-refractivity contribution in [1.29, 1.82) is 0 Å². The van der Waals surface area contributed by atoms with Gasteiger partial charge in [-0.05, 0) is 30.3 Å². The van der Waals surface area contributed by atoms with Crippen LogP contribution in [0.15, 0.2) is 70.1 Å². The molecule has 0 N–H and O–H groups in total. The Hall–Kier alpha value is -4.47. The molecule has 0 amide bonds. The summed E-state index contributed by atoms with van der Waals surface area (Å²) in [4.78, 5) is 42.8. The van der Waals surface area contributed by atoms with E-state index >= 15 is 0 Å². The van der Waals surface area contributed by atoms with Gasteiger partial charge in [-0.15, -0.1) is 0 Å². The van der Waals surface area contributed by atoms with Gasteiger partial charge in [-0.3, -0.25) is 19.5 Å². The van der Waals surface area contributed by atoms with Gasteiger partial charge in [0.05, 0.1) is 39.9 Å². The molecule has 0 saturated heterocycles. The summed E-state index contributed by atoms with van der Waals surface area (Å²) in [5, 5.41) is 11.6. The molecule has 4 rings (SSSR count). The number of nitro groups is 1. The predicted octanol–water partition coefficient (Wildman–Crippen LogP) is 3.37. The number of hydrogen-bond acceptors (Lipinski definition) is 8. The van der Waals surface area contributed by atoms with Crippen molar-refractivity contribution < 1.29 is 18.9 Å². The fraction of sp³-hybridized carbons (Fsp3) is 0.174. The van der Waals surface area contributed by atoms with E-state index in [2.05, 4.69) is 4.98 Å². The number of carbonyl (C=O) groups is 1. The maximum atomic E-state index is 13.1. The van der Waals surface area contributed by atoms with Crippen LogP contribution in [0.2, 0.25) is 0 Å². The van der Waals surface area contributed by atoms with Crippen LogP contribution >= 0.6 is 0 Å². The van der Waals surface area contributed by atoms with Gasteiger partial charge in [0, 0.05) is 26.2 Å². The van der Waals surface area contributed by atoms with E-state index in [0.717, 1.165) is 0 Å².